The van der Waals surface area contributed by atoms with Crippen molar-refractivity contribution in [1.29, 1.82) is 0 Å². The lowest BCUT2D eigenvalue weighted by Crippen LogP contribution is -2.13. The minimum atomic E-state index is 0.278. The Morgan fingerprint density at radius 1 is 1.21 bits per heavy atom. The monoisotopic (exact) mass is 265 g/mol. The average Bonchev–Trinajstić information content (AvgIpc) is 2.45. The molecule has 19 heavy (non-hydrogen) atoms. The molecule has 0 saturated carbocycles. The summed E-state index contributed by atoms with van der Waals surface area (Å²) in [6.45, 7) is 9.67. The van der Waals surface area contributed by atoms with Crippen LogP contribution in [0.2, 0.25) is 0 Å². The third-order valence-corrected chi connectivity index (χ3v) is 3.42. The molecule has 0 aliphatic carbocycles. The van der Waals surface area contributed by atoms with Gasteiger partial charge < -0.3 is 14.8 Å². The summed E-state index contributed by atoms with van der Waals surface area (Å²) in [7, 11) is 1.97. The summed E-state index contributed by atoms with van der Waals surface area (Å²) in [5.74, 6) is 0.929. The van der Waals surface area contributed by atoms with Crippen molar-refractivity contribution in [3.8, 4) is 5.75 Å². The van der Waals surface area contributed by atoms with Crippen LogP contribution in [0.5, 0.6) is 5.75 Å². The SMILES string of the molecule is CCOc1ccc(C(C)NC)cc1COC(C)CC. The van der Waals surface area contributed by atoms with E-state index in [0.717, 1.165) is 17.7 Å². The Labute approximate surface area is 117 Å². The van der Waals surface area contributed by atoms with Gasteiger partial charge in [0.1, 0.15) is 5.75 Å². The first-order chi connectivity index (χ1) is 9.12. The van der Waals surface area contributed by atoms with Crippen molar-refractivity contribution in [3.63, 3.8) is 0 Å². The average molecular weight is 265 g/mol. The van der Waals surface area contributed by atoms with Gasteiger partial charge in [-0.25, -0.2) is 0 Å². The van der Waals surface area contributed by atoms with Crippen LogP contribution < -0.4 is 10.1 Å². The van der Waals surface area contributed by atoms with Gasteiger partial charge in [-0.15, -0.1) is 0 Å². The van der Waals surface area contributed by atoms with Crippen LogP contribution in [0.25, 0.3) is 0 Å². The highest BCUT2D eigenvalue weighted by atomic mass is 16.5. The number of rotatable bonds is 8. The van der Waals surface area contributed by atoms with Crippen LogP contribution in [0, 0.1) is 0 Å². The van der Waals surface area contributed by atoms with Crippen LogP contribution >= 0.6 is 0 Å². The lowest BCUT2D eigenvalue weighted by Gasteiger charge is -2.17. The minimum Gasteiger partial charge on any atom is -0.494 e. The normalized spacial score (nSPS) is 14.2. The van der Waals surface area contributed by atoms with Gasteiger partial charge in [-0.1, -0.05) is 13.0 Å². The molecule has 0 aliphatic rings. The second kappa shape index (κ2) is 8.18. The van der Waals surface area contributed by atoms with Gasteiger partial charge in [0.05, 0.1) is 19.3 Å². The fourth-order valence-corrected chi connectivity index (χ4v) is 1.79. The molecular weight excluding hydrogens is 238 g/mol. The Morgan fingerprint density at radius 3 is 2.53 bits per heavy atom. The molecule has 0 aliphatic heterocycles. The Bertz CT molecular complexity index is 379. The first-order valence-corrected chi connectivity index (χ1v) is 7.16. The molecular formula is C16H27NO2. The van der Waals surface area contributed by atoms with E-state index in [-0.39, 0.29) is 6.10 Å². The number of hydrogen-bond acceptors (Lipinski definition) is 3. The Morgan fingerprint density at radius 2 is 1.95 bits per heavy atom. The summed E-state index contributed by atoms with van der Waals surface area (Å²) in [4.78, 5) is 0. The second-order valence-corrected chi connectivity index (χ2v) is 4.84. The zero-order valence-electron chi connectivity index (χ0n) is 12.8. The van der Waals surface area contributed by atoms with Gasteiger partial charge in [-0.2, -0.15) is 0 Å². The van der Waals surface area contributed by atoms with Gasteiger partial charge in [0.25, 0.3) is 0 Å². The highest BCUT2D eigenvalue weighted by molar-refractivity contribution is 5.38. The largest absolute Gasteiger partial charge is 0.494 e. The Balaban J connectivity index is 2.88. The zero-order chi connectivity index (χ0) is 14.3. The maximum absolute atomic E-state index is 5.83. The fraction of sp³-hybridized carbons (Fsp3) is 0.625. The molecule has 0 radical (unpaired) electrons. The van der Waals surface area contributed by atoms with E-state index in [0.29, 0.717) is 19.3 Å². The maximum Gasteiger partial charge on any atom is 0.124 e. The summed E-state index contributed by atoms with van der Waals surface area (Å²) in [6.07, 6.45) is 1.30. The molecule has 1 aromatic rings. The molecule has 0 heterocycles. The summed E-state index contributed by atoms with van der Waals surface area (Å²) in [5.41, 5.74) is 2.38. The minimum absolute atomic E-state index is 0.278. The van der Waals surface area contributed by atoms with Crippen molar-refractivity contribution < 1.29 is 9.47 Å². The van der Waals surface area contributed by atoms with Gasteiger partial charge in [0.2, 0.25) is 0 Å². The molecule has 0 fully saturated rings. The molecule has 0 aromatic heterocycles. The molecule has 2 unspecified atom stereocenters. The molecule has 2 atom stereocenters. The van der Waals surface area contributed by atoms with Gasteiger partial charge >= 0.3 is 0 Å². The van der Waals surface area contributed by atoms with Gasteiger partial charge in [-0.05, 0) is 51.9 Å². The molecule has 1 N–H and O–H groups in total. The van der Waals surface area contributed by atoms with Crippen LogP contribution in [-0.4, -0.2) is 19.8 Å². The second-order valence-electron chi connectivity index (χ2n) is 4.84. The molecule has 3 nitrogen and oxygen atoms in total. The summed E-state index contributed by atoms with van der Waals surface area (Å²) in [6, 6.07) is 6.66. The summed E-state index contributed by atoms with van der Waals surface area (Å²) in [5, 5.41) is 3.25. The van der Waals surface area contributed by atoms with Crippen molar-refractivity contribution in [2.75, 3.05) is 13.7 Å². The topological polar surface area (TPSA) is 30.5 Å². The molecule has 3 heteroatoms. The molecule has 0 saturated heterocycles. The van der Waals surface area contributed by atoms with E-state index < -0.39 is 0 Å². The standard InChI is InChI=1S/C16H27NO2/c1-6-12(3)19-11-15-10-14(13(4)17-5)8-9-16(15)18-7-2/h8-10,12-13,17H,6-7,11H2,1-5H3. The first-order valence-electron chi connectivity index (χ1n) is 7.16. The zero-order valence-corrected chi connectivity index (χ0v) is 12.8. The quantitative estimate of drug-likeness (QED) is 0.777. The highest BCUT2D eigenvalue weighted by Gasteiger charge is 2.10. The Kier molecular flexibility index (Phi) is 6.89. The van der Waals surface area contributed by atoms with E-state index in [1.54, 1.807) is 0 Å². The number of benzene rings is 1. The van der Waals surface area contributed by atoms with Crippen molar-refractivity contribution >= 4 is 0 Å². The molecule has 0 spiro atoms. The van der Waals surface area contributed by atoms with Crippen LogP contribution in [-0.2, 0) is 11.3 Å². The molecule has 1 aromatic carbocycles. The lowest BCUT2D eigenvalue weighted by molar-refractivity contribution is 0.0494. The van der Waals surface area contributed by atoms with Gasteiger partial charge in [-0.3, -0.25) is 0 Å². The van der Waals surface area contributed by atoms with E-state index in [2.05, 4.69) is 38.2 Å². The molecule has 0 amide bonds. The van der Waals surface area contributed by atoms with Gasteiger partial charge in [0, 0.05) is 11.6 Å². The van der Waals surface area contributed by atoms with Crippen molar-refractivity contribution in [3.05, 3.63) is 29.3 Å². The fourth-order valence-electron chi connectivity index (χ4n) is 1.79. The maximum atomic E-state index is 5.83. The molecule has 108 valence electrons. The number of nitrogens with one attached hydrogen (secondary N) is 1. The van der Waals surface area contributed by atoms with E-state index >= 15 is 0 Å². The van der Waals surface area contributed by atoms with Gasteiger partial charge in [0.15, 0.2) is 0 Å². The van der Waals surface area contributed by atoms with E-state index in [4.69, 9.17) is 9.47 Å². The predicted octanol–water partition coefficient (Wildman–Crippen LogP) is 3.68. The third kappa shape index (κ3) is 4.84. The third-order valence-electron chi connectivity index (χ3n) is 3.42. The number of hydrogen-bond donors (Lipinski definition) is 1. The van der Waals surface area contributed by atoms with Crippen LogP contribution in [0.3, 0.4) is 0 Å². The van der Waals surface area contributed by atoms with Crippen molar-refractivity contribution in [2.45, 2.75) is 52.9 Å². The number of ether oxygens (including phenoxy) is 2. The van der Waals surface area contributed by atoms with Crippen LogP contribution in [0.15, 0.2) is 18.2 Å². The lowest BCUT2D eigenvalue weighted by atomic mass is 10.0. The predicted molar refractivity (Wildman–Crippen MR) is 79.6 cm³/mol. The highest BCUT2D eigenvalue weighted by Crippen LogP contribution is 2.25. The van der Waals surface area contributed by atoms with E-state index in [1.807, 2.05) is 20.0 Å². The van der Waals surface area contributed by atoms with Crippen molar-refractivity contribution in [1.82, 2.24) is 5.32 Å². The molecule has 1 rings (SSSR count). The summed E-state index contributed by atoms with van der Waals surface area (Å²) >= 11 is 0. The van der Waals surface area contributed by atoms with E-state index in [9.17, 15) is 0 Å². The Hall–Kier alpha value is -1.06. The van der Waals surface area contributed by atoms with E-state index in [1.165, 1.54) is 5.56 Å². The van der Waals surface area contributed by atoms with Crippen LogP contribution in [0.1, 0.15) is 51.3 Å². The van der Waals surface area contributed by atoms with Crippen molar-refractivity contribution in [2.24, 2.45) is 0 Å². The molecule has 0 bridgehead atoms. The first kappa shape index (κ1) is 16.0. The van der Waals surface area contributed by atoms with Crippen LogP contribution in [0.4, 0.5) is 0 Å². The smallest absolute Gasteiger partial charge is 0.124 e. The summed E-state index contributed by atoms with van der Waals surface area (Å²) < 4.78 is 11.5.